The minimum absolute atomic E-state index is 0.554. The van der Waals surface area contributed by atoms with Crippen LogP contribution in [-0.2, 0) is 0 Å². The molecule has 0 aliphatic heterocycles. The second kappa shape index (κ2) is 3.06. The van der Waals surface area contributed by atoms with Crippen molar-refractivity contribution in [2.75, 3.05) is 0 Å². The molecule has 0 amide bonds. The number of halogens is 3. The highest BCUT2D eigenvalue weighted by Crippen LogP contribution is 2.22. The van der Waals surface area contributed by atoms with Crippen LogP contribution in [0.15, 0.2) is 12.1 Å². The van der Waals surface area contributed by atoms with E-state index in [-0.39, 0.29) is 0 Å². The fourth-order valence-corrected chi connectivity index (χ4v) is 0.855. The molecular formula is C7H3ClF2O2. The summed E-state index contributed by atoms with van der Waals surface area (Å²) in [5.74, 6) is -3.06. The molecule has 0 saturated heterocycles. The van der Waals surface area contributed by atoms with Crippen LogP contribution in [0.1, 0.15) is 10.4 Å². The van der Waals surface area contributed by atoms with Crippen molar-refractivity contribution >= 4 is 16.8 Å². The predicted molar refractivity (Wildman–Crippen MR) is 38.2 cm³/mol. The highest BCUT2D eigenvalue weighted by atomic mass is 35.5. The van der Waals surface area contributed by atoms with Crippen molar-refractivity contribution < 1.29 is 18.7 Å². The Hall–Kier alpha value is -1.16. The minimum Gasteiger partial charge on any atom is -0.505 e. The number of rotatable bonds is 1. The molecule has 1 aromatic rings. The van der Waals surface area contributed by atoms with Gasteiger partial charge in [-0.05, 0) is 17.7 Å². The zero-order valence-electron chi connectivity index (χ0n) is 5.64. The van der Waals surface area contributed by atoms with Gasteiger partial charge in [0.15, 0.2) is 11.6 Å². The number of benzene rings is 1. The summed E-state index contributed by atoms with van der Waals surface area (Å²) in [7, 11) is 0. The van der Waals surface area contributed by atoms with Crippen LogP contribution in [0.3, 0.4) is 0 Å². The van der Waals surface area contributed by atoms with E-state index >= 15 is 0 Å². The van der Waals surface area contributed by atoms with E-state index < -0.39 is 28.2 Å². The third-order valence-corrected chi connectivity index (χ3v) is 1.43. The number of phenolic OH excluding ortho intramolecular Hbond substituents is 1. The molecule has 0 spiro atoms. The lowest BCUT2D eigenvalue weighted by molar-refractivity contribution is 0.107. The molecule has 5 heteroatoms. The van der Waals surface area contributed by atoms with Crippen LogP contribution in [0, 0.1) is 11.6 Å². The average molecular weight is 193 g/mol. The summed E-state index contributed by atoms with van der Waals surface area (Å²) in [5.41, 5.74) is -0.672. The molecule has 0 atom stereocenters. The normalized spacial score (nSPS) is 9.92. The summed E-state index contributed by atoms with van der Waals surface area (Å²) in [6.07, 6.45) is 0. The van der Waals surface area contributed by atoms with Gasteiger partial charge in [0.1, 0.15) is 5.82 Å². The number of aromatic hydroxyl groups is 1. The van der Waals surface area contributed by atoms with Crippen molar-refractivity contribution in [3.63, 3.8) is 0 Å². The van der Waals surface area contributed by atoms with Crippen molar-refractivity contribution in [3.8, 4) is 5.75 Å². The van der Waals surface area contributed by atoms with Gasteiger partial charge >= 0.3 is 0 Å². The van der Waals surface area contributed by atoms with E-state index in [4.69, 9.17) is 16.7 Å². The van der Waals surface area contributed by atoms with Gasteiger partial charge in [-0.15, -0.1) is 0 Å². The molecule has 0 unspecified atom stereocenters. The van der Waals surface area contributed by atoms with E-state index in [1.54, 1.807) is 0 Å². The molecule has 64 valence electrons. The maximum atomic E-state index is 12.7. The maximum absolute atomic E-state index is 12.7. The largest absolute Gasteiger partial charge is 0.505 e. The molecule has 0 heterocycles. The van der Waals surface area contributed by atoms with Crippen LogP contribution in [0.2, 0.25) is 0 Å². The van der Waals surface area contributed by atoms with E-state index in [2.05, 4.69) is 0 Å². The second-order valence-corrected chi connectivity index (χ2v) is 2.40. The van der Waals surface area contributed by atoms with Gasteiger partial charge in [0, 0.05) is 6.07 Å². The quantitative estimate of drug-likeness (QED) is 0.692. The number of phenols is 1. The van der Waals surface area contributed by atoms with Gasteiger partial charge in [0.05, 0.1) is 5.56 Å². The molecule has 0 saturated carbocycles. The molecule has 0 aliphatic rings. The van der Waals surface area contributed by atoms with Gasteiger partial charge in [-0.25, -0.2) is 8.78 Å². The Morgan fingerprint density at radius 2 is 2.00 bits per heavy atom. The summed E-state index contributed by atoms with van der Waals surface area (Å²) in [5, 5.41) is 7.55. The molecule has 0 radical (unpaired) electrons. The summed E-state index contributed by atoms with van der Waals surface area (Å²) in [4.78, 5) is 10.4. The molecule has 1 rings (SSSR count). The molecule has 0 bridgehead atoms. The van der Waals surface area contributed by atoms with Crippen molar-refractivity contribution in [3.05, 3.63) is 29.3 Å². The first kappa shape index (κ1) is 8.93. The molecule has 0 aromatic heterocycles. The monoisotopic (exact) mass is 192 g/mol. The van der Waals surface area contributed by atoms with Crippen LogP contribution in [0.4, 0.5) is 8.78 Å². The van der Waals surface area contributed by atoms with E-state index in [0.29, 0.717) is 12.1 Å². The Bertz CT molecular complexity index is 338. The van der Waals surface area contributed by atoms with Crippen LogP contribution in [0.25, 0.3) is 0 Å². The Morgan fingerprint density at radius 3 is 2.50 bits per heavy atom. The van der Waals surface area contributed by atoms with Crippen molar-refractivity contribution in [1.29, 1.82) is 0 Å². The minimum atomic E-state index is -1.21. The topological polar surface area (TPSA) is 37.3 Å². The van der Waals surface area contributed by atoms with Gasteiger partial charge in [0.25, 0.3) is 5.24 Å². The van der Waals surface area contributed by atoms with Crippen LogP contribution in [-0.4, -0.2) is 10.3 Å². The van der Waals surface area contributed by atoms with Crippen LogP contribution >= 0.6 is 11.6 Å². The second-order valence-electron chi connectivity index (χ2n) is 2.06. The first-order valence-electron chi connectivity index (χ1n) is 2.90. The molecule has 0 fully saturated rings. The highest BCUT2D eigenvalue weighted by Gasteiger charge is 2.14. The number of hydrogen-bond acceptors (Lipinski definition) is 2. The van der Waals surface area contributed by atoms with Crippen molar-refractivity contribution in [1.82, 2.24) is 0 Å². The SMILES string of the molecule is O=C(Cl)c1cc(F)cc(O)c1F. The third kappa shape index (κ3) is 1.53. The molecule has 1 N–H and O–H groups in total. The lowest BCUT2D eigenvalue weighted by Gasteiger charge is -1.99. The highest BCUT2D eigenvalue weighted by molar-refractivity contribution is 6.67. The number of carbonyl (C=O) groups excluding carboxylic acids is 1. The standard InChI is InChI=1S/C7H3ClF2O2/c8-7(12)4-1-3(9)2-5(11)6(4)10/h1-2,11H. The van der Waals surface area contributed by atoms with E-state index in [1.807, 2.05) is 0 Å². The Kier molecular flexibility index (Phi) is 2.28. The van der Waals surface area contributed by atoms with Gasteiger partial charge < -0.3 is 5.11 Å². The Balaban J connectivity index is 3.37. The Labute approximate surface area is 71.4 Å². The lowest BCUT2D eigenvalue weighted by atomic mass is 10.2. The summed E-state index contributed by atoms with van der Waals surface area (Å²) in [6.45, 7) is 0. The smallest absolute Gasteiger partial charge is 0.255 e. The predicted octanol–water partition coefficient (Wildman–Crippen LogP) is 2.05. The third-order valence-electron chi connectivity index (χ3n) is 1.23. The first-order chi connectivity index (χ1) is 5.52. The maximum Gasteiger partial charge on any atom is 0.255 e. The fraction of sp³-hybridized carbons (Fsp3) is 0. The van der Waals surface area contributed by atoms with Crippen LogP contribution in [0.5, 0.6) is 5.75 Å². The molecule has 0 aliphatic carbocycles. The molecule has 12 heavy (non-hydrogen) atoms. The fourth-order valence-electron chi connectivity index (χ4n) is 0.718. The van der Waals surface area contributed by atoms with Crippen molar-refractivity contribution in [2.45, 2.75) is 0 Å². The van der Waals surface area contributed by atoms with Crippen LogP contribution < -0.4 is 0 Å². The Morgan fingerprint density at radius 1 is 1.42 bits per heavy atom. The lowest BCUT2D eigenvalue weighted by Crippen LogP contribution is -1.95. The van der Waals surface area contributed by atoms with Gasteiger partial charge in [0.2, 0.25) is 0 Å². The molecule has 2 nitrogen and oxygen atoms in total. The number of hydrogen-bond donors (Lipinski definition) is 1. The van der Waals surface area contributed by atoms with Gasteiger partial charge in [-0.1, -0.05) is 0 Å². The first-order valence-corrected chi connectivity index (χ1v) is 3.28. The molecule has 1 aromatic carbocycles. The zero-order valence-corrected chi connectivity index (χ0v) is 6.40. The van der Waals surface area contributed by atoms with Gasteiger partial charge in [-0.3, -0.25) is 4.79 Å². The number of carbonyl (C=O) groups is 1. The van der Waals surface area contributed by atoms with E-state index in [0.717, 1.165) is 0 Å². The van der Waals surface area contributed by atoms with Gasteiger partial charge in [-0.2, -0.15) is 0 Å². The summed E-state index contributed by atoms with van der Waals surface area (Å²) < 4.78 is 25.1. The molecular weight excluding hydrogens is 190 g/mol. The summed E-state index contributed by atoms with van der Waals surface area (Å²) in [6, 6.07) is 1.17. The van der Waals surface area contributed by atoms with E-state index in [1.165, 1.54) is 0 Å². The summed E-state index contributed by atoms with van der Waals surface area (Å²) >= 11 is 4.90. The average Bonchev–Trinajstić information content (AvgIpc) is 1.96. The zero-order chi connectivity index (χ0) is 9.30. The van der Waals surface area contributed by atoms with E-state index in [9.17, 15) is 13.6 Å². The van der Waals surface area contributed by atoms with Crippen molar-refractivity contribution in [2.24, 2.45) is 0 Å².